The predicted octanol–water partition coefficient (Wildman–Crippen LogP) is 9.31. The minimum atomic E-state index is -3.25. The van der Waals surface area contributed by atoms with Crippen molar-refractivity contribution in [3.63, 3.8) is 0 Å². The standard InChI is InChI=1S/C44H28O4P2/c45-49(31-13-5-1-6-14-31,32-15-7-2-8-16-32)35-25-29-21-23-38-43-41(29)39(27-35)47-37-24-22-30-26-36(28-40(48-38)42(30)44(37)43)50(46,33-17-9-3-10-18-33)34-19-11-4-12-20-34/h1-28H. The van der Waals surface area contributed by atoms with Gasteiger partial charge in [0.1, 0.15) is 22.3 Å². The maximum absolute atomic E-state index is 15.3. The largest absolute Gasteiger partial charge is 0.456 e. The highest BCUT2D eigenvalue weighted by molar-refractivity contribution is 7.85. The van der Waals surface area contributed by atoms with Crippen LogP contribution < -0.4 is 31.8 Å². The first-order valence-electron chi connectivity index (χ1n) is 16.5. The van der Waals surface area contributed by atoms with Crippen molar-refractivity contribution in [2.24, 2.45) is 0 Å². The number of hydrogen-bond acceptors (Lipinski definition) is 4. The van der Waals surface area contributed by atoms with Gasteiger partial charge in [0.25, 0.3) is 0 Å². The Morgan fingerprint density at radius 1 is 0.320 bits per heavy atom. The maximum Gasteiger partial charge on any atom is 0.171 e. The second kappa shape index (κ2) is 10.9. The van der Waals surface area contributed by atoms with Gasteiger partial charge in [-0.2, -0.15) is 0 Å². The van der Waals surface area contributed by atoms with E-state index in [4.69, 9.17) is 8.83 Å². The van der Waals surface area contributed by atoms with Gasteiger partial charge in [0.05, 0.1) is 0 Å². The first-order valence-corrected chi connectivity index (χ1v) is 20.0. The van der Waals surface area contributed by atoms with Crippen LogP contribution in [0.5, 0.6) is 0 Å². The zero-order valence-electron chi connectivity index (χ0n) is 26.7. The summed E-state index contributed by atoms with van der Waals surface area (Å²) < 4.78 is 44.2. The average molecular weight is 683 g/mol. The summed E-state index contributed by atoms with van der Waals surface area (Å²) in [6, 6.07) is 54.8. The molecule has 4 nitrogen and oxygen atoms in total. The molecule has 0 saturated heterocycles. The third-order valence-corrected chi connectivity index (χ3v) is 16.0. The number of benzene rings is 8. The lowest BCUT2D eigenvalue weighted by Crippen LogP contribution is -2.25. The van der Waals surface area contributed by atoms with E-state index in [1.807, 2.05) is 170 Å². The van der Waals surface area contributed by atoms with Crippen molar-refractivity contribution < 1.29 is 18.0 Å². The van der Waals surface area contributed by atoms with E-state index in [-0.39, 0.29) is 0 Å². The molecule has 0 amide bonds. The molecule has 238 valence electrons. The third-order valence-electron chi connectivity index (χ3n) is 9.95. The zero-order valence-corrected chi connectivity index (χ0v) is 28.5. The fourth-order valence-corrected chi connectivity index (χ4v) is 13.1. The van der Waals surface area contributed by atoms with Crippen LogP contribution in [-0.4, -0.2) is 0 Å². The first-order chi connectivity index (χ1) is 24.5. The van der Waals surface area contributed by atoms with Crippen LogP contribution >= 0.6 is 14.3 Å². The molecule has 0 saturated carbocycles. The molecule has 0 aromatic heterocycles. The van der Waals surface area contributed by atoms with E-state index in [1.54, 1.807) is 0 Å². The van der Waals surface area contributed by atoms with Crippen molar-refractivity contribution >= 4 is 90.0 Å². The highest BCUT2D eigenvalue weighted by atomic mass is 31.2. The molecule has 2 aliphatic heterocycles. The highest BCUT2D eigenvalue weighted by Crippen LogP contribution is 2.51. The molecule has 0 radical (unpaired) electrons. The lowest BCUT2D eigenvalue weighted by atomic mass is 9.90. The van der Waals surface area contributed by atoms with E-state index in [0.717, 1.165) is 53.9 Å². The average Bonchev–Trinajstić information content (AvgIpc) is 3.19. The van der Waals surface area contributed by atoms with Crippen molar-refractivity contribution in [1.29, 1.82) is 0 Å². The zero-order chi connectivity index (χ0) is 33.5. The quantitative estimate of drug-likeness (QED) is 0.0997. The van der Waals surface area contributed by atoms with Gasteiger partial charge in [0, 0.05) is 53.7 Å². The van der Waals surface area contributed by atoms with Gasteiger partial charge in [-0.3, -0.25) is 0 Å². The van der Waals surface area contributed by atoms with Crippen LogP contribution in [0.2, 0.25) is 0 Å². The molecule has 10 rings (SSSR count). The summed E-state index contributed by atoms with van der Waals surface area (Å²) in [4.78, 5) is 0. The van der Waals surface area contributed by atoms with Gasteiger partial charge in [-0.25, -0.2) is 0 Å². The summed E-state index contributed by atoms with van der Waals surface area (Å²) in [6.45, 7) is 0. The van der Waals surface area contributed by atoms with E-state index in [9.17, 15) is 0 Å². The third kappa shape index (κ3) is 4.13. The lowest BCUT2D eigenvalue weighted by Gasteiger charge is -2.24. The van der Waals surface area contributed by atoms with E-state index in [2.05, 4.69) is 0 Å². The fraction of sp³-hybridized carbons (Fsp3) is 0. The molecule has 6 heteroatoms. The Morgan fingerprint density at radius 3 is 0.960 bits per heavy atom. The van der Waals surface area contributed by atoms with Crippen molar-refractivity contribution in [2.75, 3.05) is 0 Å². The Morgan fingerprint density at radius 2 is 0.640 bits per heavy atom. The normalized spacial score (nSPS) is 12.6. The molecular formula is C44H28O4P2. The van der Waals surface area contributed by atoms with E-state index < -0.39 is 14.3 Å². The Bertz CT molecular complexity index is 2620. The van der Waals surface area contributed by atoms with Gasteiger partial charge in [-0.15, -0.1) is 0 Å². The van der Waals surface area contributed by atoms with Gasteiger partial charge >= 0.3 is 0 Å². The molecule has 0 fully saturated rings. The van der Waals surface area contributed by atoms with Crippen molar-refractivity contribution in [1.82, 2.24) is 0 Å². The van der Waals surface area contributed by atoms with Crippen molar-refractivity contribution in [3.05, 3.63) is 170 Å². The summed E-state index contributed by atoms with van der Waals surface area (Å²) >= 11 is 0. The van der Waals surface area contributed by atoms with Crippen LogP contribution in [0.3, 0.4) is 0 Å². The van der Waals surface area contributed by atoms with Gasteiger partial charge in [0.2, 0.25) is 0 Å². The Kier molecular flexibility index (Phi) is 6.39. The molecular weight excluding hydrogens is 654 g/mol. The molecule has 0 N–H and O–H groups in total. The Hall–Kier alpha value is -5.66. The predicted molar refractivity (Wildman–Crippen MR) is 208 cm³/mol. The molecule has 0 bridgehead atoms. The van der Waals surface area contributed by atoms with Crippen LogP contribution in [0.25, 0.3) is 55.0 Å². The van der Waals surface area contributed by atoms with Gasteiger partial charge in [0.15, 0.2) is 14.3 Å². The second-order valence-electron chi connectivity index (χ2n) is 12.7. The second-order valence-corrected chi connectivity index (χ2v) is 18.3. The molecule has 0 aliphatic carbocycles. The smallest absolute Gasteiger partial charge is 0.171 e. The summed E-state index contributed by atoms with van der Waals surface area (Å²) in [5.74, 6) is 0. The Labute approximate surface area is 288 Å². The van der Waals surface area contributed by atoms with Gasteiger partial charge in [-0.1, -0.05) is 133 Å². The van der Waals surface area contributed by atoms with Crippen LogP contribution in [-0.2, 0) is 9.13 Å². The van der Waals surface area contributed by atoms with E-state index in [0.29, 0.717) is 32.9 Å². The van der Waals surface area contributed by atoms with Crippen LogP contribution in [0.15, 0.2) is 179 Å². The maximum atomic E-state index is 15.3. The SMILES string of the molecule is O=P(c1ccccc1)(c1ccccc1)c1cc2ccc3oc4cc(P(=O)(c5ccccc5)c5ccccc5)cc5ccc6oc(c1)c2c3-c6c54. The van der Waals surface area contributed by atoms with Crippen LogP contribution in [0, 0.1) is 0 Å². The minimum Gasteiger partial charge on any atom is -0.456 e. The first kappa shape index (κ1) is 29.3. The highest BCUT2D eigenvalue weighted by Gasteiger charge is 2.34. The van der Waals surface area contributed by atoms with Gasteiger partial charge < -0.3 is 18.0 Å². The molecule has 0 unspecified atom stereocenters. The summed E-state index contributed by atoms with van der Waals surface area (Å²) in [5, 5.41) is 8.19. The van der Waals surface area contributed by atoms with Gasteiger partial charge in [-0.05, 0) is 47.2 Å². The summed E-state index contributed by atoms with van der Waals surface area (Å²) in [7, 11) is -6.49. The summed E-state index contributed by atoms with van der Waals surface area (Å²) in [5.41, 5.74) is 4.62. The number of hydrogen-bond donors (Lipinski definition) is 0. The van der Waals surface area contributed by atoms with Crippen molar-refractivity contribution in [2.45, 2.75) is 0 Å². The van der Waals surface area contributed by atoms with Crippen LogP contribution in [0.1, 0.15) is 0 Å². The lowest BCUT2D eigenvalue weighted by molar-refractivity contribution is 0.591. The molecule has 50 heavy (non-hydrogen) atoms. The van der Waals surface area contributed by atoms with E-state index in [1.165, 1.54) is 0 Å². The molecule has 2 aliphatic rings. The molecule has 8 aromatic carbocycles. The molecule has 2 heterocycles. The Balaban J connectivity index is 1.24. The topological polar surface area (TPSA) is 60.4 Å². The summed E-state index contributed by atoms with van der Waals surface area (Å²) in [6.07, 6.45) is 0. The molecule has 0 spiro atoms. The molecule has 8 aromatic rings. The molecule has 0 atom stereocenters. The van der Waals surface area contributed by atoms with Crippen molar-refractivity contribution in [3.8, 4) is 11.1 Å². The van der Waals surface area contributed by atoms with Crippen LogP contribution in [0.4, 0.5) is 0 Å². The monoisotopic (exact) mass is 682 g/mol. The fourth-order valence-electron chi connectivity index (χ4n) is 7.66. The number of rotatable bonds is 6. The minimum absolute atomic E-state index is 0.648. The van der Waals surface area contributed by atoms with E-state index >= 15 is 9.13 Å².